The molecular weight excluding hydrogens is 347 g/mol. The van der Waals surface area contributed by atoms with Crippen molar-refractivity contribution in [2.75, 3.05) is 13.2 Å². The maximum Gasteiger partial charge on any atom is 0.422 e. The van der Waals surface area contributed by atoms with Gasteiger partial charge in [-0.3, -0.25) is 9.78 Å². The molecule has 8 heteroatoms. The molecule has 0 radical (unpaired) electrons. The molecule has 1 aliphatic rings. The van der Waals surface area contributed by atoms with Crippen molar-refractivity contribution in [3.8, 4) is 5.88 Å². The lowest BCUT2D eigenvalue weighted by molar-refractivity contribution is -0.154. The van der Waals surface area contributed by atoms with E-state index in [2.05, 4.69) is 15.3 Å². The number of carbonyl (C=O) groups is 1. The minimum atomic E-state index is -4.43. The molecule has 1 fully saturated rings. The first-order valence-electron chi connectivity index (χ1n) is 8.29. The van der Waals surface area contributed by atoms with Crippen molar-refractivity contribution in [1.82, 2.24) is 15.3 Å². The van der Waals surface area contributed by atoms with E-state index in [1.165, 1.54) is 6.20 Å². The van der Waals surface area contributed by atoms with Crippen LogP contribution in [-0.4, -0.2) is 35.2 Å². The van der Waals surface area contributed by atoms with Crippen molar-refractivity contribution in [2.24, 2.45) is 0 Å². The zero-order chi connectivity index (χ0) is 18.6. The average Bonchev–Trinajstić information content (AvgIpc) is 3.45. The highest BCUT2D eigenvalue weighted by Gasteiger charge is 2.32. The largest absolute Gasteiger partial charge is 0.468 e. The topological polar surface area (TPSA) is 64.1 Å². The summed E-state index contributed by atoms with van der Waals surface area (Å²) in [5.41, 5.74) is 1.94. The van der Waals surface area contributed by atoms with Gasteiger partial charge in [-0.1, -0.05) is 0 Å². The van der Waals surface area contributed by atoms with Gasteiger partial charge in [0.25, 0.3) is 5.91 Å². The van der Waals surface area contributed by atoms with Crippen molar-refractivity contribution in [3.05, 3.63) is 53.5 Å². The lowest BCUT2D eigenvalue weighted by Gasteiger charge is -2.13. The Labute approximate surface area is 148 Å². The van der Waals surface area contributed by atoms with Crippen LogP contribution in [0, 0.1) is 0 Å². The molecular formula is C18H18F3N3O2. The van der Waals surface area contributed by atoms with E-state index < -0.39 is 12.8 Å². The van der Waals surface area contributed by atoms with Crippen molar-refractivity contribution in [3.63, 3.8) is 0 Å². The maximum atomic E-state index is 12.4. The number of pyridine rings is 2. The predicted molar refractivity (Wildman–Crippen MR) is 88.0 cm³/mol. The fourth-order valence-electron chi connectivity index (χ4n) is 2.52. The van der Waals surface area contributed by atoms with Crippen molar-refractivity contribution >= 4 is 5.91 Å². The van der Waals surface area contributed by atoms with Crippen LogP contribution in [0.3, 0.4) is 0 Å². The Kier molecular flexibility index (Phi) is 5.39. The molecule has 5 nitrogen and oxygen atoms in total. The predicted octanol–water partition coefficient (Wildman–Crippen LogP) is 3.27. The van der Waals surface area contributed by atoms with E-state index in [1.807, 2.05) is 12.1 Å². The molecule has 1 N–H and O–H groups in total. The summed E-state index contributed by atoms with van der Waals surface area (Å²) in [5, 5.41) is 2.79. The van der Waals surface area contributed by atoms with Crippen LogP contribution in [0.4, 0.5) is 13.2 Å². The average molecular weight is 365 g/mol. The Morgan fingerprint density at radius 2 is 2.00 bits per heavy atom. The minimum Gasteiger partial charge on any atom is -0.468 e. The number of nitrogens with zero attached hydrogens (tertiary/aromatic N) is 2. The first kappa shape index (κ1) is 18.2. The van der Waals surface area contributed by atoms with Crippen molar-refractivity contribution in [1.29, 1.82) is 0 Å². The molecule has 0 atom stereocenters. The lowest BCUT2D eigenvalue weighted by Crippen LogP contribution is -2.26. The number of aromatic nitrogens is 2. The molecule has 0 spiro atoms. The Morgan fingerprint density at radius 3 is 2.65 bits per heavy atom. The molecule has 3 rings (SSSR count). The van der Waals surface area contributed by atoms with Crippen molar-refractivity contribution < 1.29 is 22.7 Å². The van der Waals surface area contributed by atoms with Gasteiger partial charge in [-0.15, -0.1) is 0 Å². The van der Waals surface area contributed by atoms with Crippen LogP contribution in [0.1, 0.15) is 40.2 Å². The van der Waals surface area contributed by atoms with E-state index in [9.17, 15) is 18.0 Å². The monoisotopic (exact) mass is 365 g/mol. The zero-order valence-corrected chi connectivity index (χ0v) is 13.9. The van der Waals surface area contributed by atoms with Crippen molar-refractivity contribution in [2.45, 2.75) is 31.4 Å². The highest BCUT2D eigenvalue weighted by molar-refractivity contribution is 5.94. The van der Waals surface area contributed by atoms with Crippen LogP contribution < -0.4 is 10.1 Å². The number of nitrogens with one attached hydrogen (secondary N) is 1. The summed E-state index contributed by atoms with van der Waals surface area (Å²) in [7, 11) is 0. The van der Waals surface area contributed by atoms with E-state index in [0.717, 1.165) is 18.4 Å². The fourth-order valence-corrected chi connectivity index (χ4v) is 2.52. The molecule has 1 saturated carbocycles. The van der Waals surface area contributed by atoms with Gasteiger partial charge < -0.3 is 10.1 Å². The zero-order valence-electron chi connectivity index (χ0n) is 13.9. The molecule has 2 aromatic heterocycles. The van der Waals surface area contributed by atoms with E-state index in [1.54, 1.807) is 18.5 Å². The number of rotatable bonds is 7. The second-order valence-electron chi connectivity index (χ2n) is 6.16. The van der Waals surface area contributed by atoms with Gasteiger partial charge in [-0.2, -0.15) is 13.2 Å². The highest BCUT2D eigenvalue weighted by Crippen LogP contribution is 2.44. The quantitative estimate of drug-likeness (QED) is 0.818. The van der Waals surface area contributed by atoms with Gasteiger partial charge in [0.2, 0.25) is 5.88 Å². The number of hydrogen-bond acceptors (Lipinski definition) is 4. The summed E-state index contributed by atoms with van der Waals surface area (Å²) >= 11 is 0. The second kappa shape index (κ2) is 7.72. The molecule has 0 bridgehead atoms. The standard InChI is InChI=1S/C18H18F3N3O2/c19-18(20,21)11-26-17-15(13-1-2-13)9-14(10-24-17)16(25)23-8-5-12-3-6-22-7-4-12/h3-4,6-7,9-10,13H,1-2,5,8,11H2,(H,23,25). The number of ether oxygens (including phenoxy) is 1. The SMILES string of the molecule is O=C(NCCc1ccncc1)c1cnc(OCC(F)(F)F)c(C2CC2)c1. The van der Waals surface area contributed by atoms with Crippen LogP contribution in [-0.2, 0) is 6.42 Å². The summed E-state index contributed by atoms with van der Waals surface area (Å²) in [6.07, 6.45) is 2.56. The minimum absolute atomic E-state index is 0.0434. The molecule has 0 unspecified atom stereocenters. The number of carbonyl (C=O) groups excluding carboxylic acids is 1. The van der Waals surface area contributed by atoms with Gasteiger partial charge in [0.1, 0.15) is 0 Å². The van der Waals surface area contributed by atoms with Crippen LogP contribution in [0.5, 0.6) is 5.88 Å². The fraction of sp³-hybridized carbons (Fsp3) is 0.389. The van der Waals surface area contributed by atoms with E-state index in [-0.39, 0.29) is 17.7 Å². The van der Waals surface area contributed by atoms with Crippen LogP contribution in [0.2, 0.25) is 0 Å². The highest BCUT2D eigenvalue weighted by atomic mass is 19.4. The second-order valence-corrected chi connectivity index (χ2v) is 6.16. The van der Waals surface area contributed by atoms with Gasteiger partial charge in [-0.25, -0.2) is 4.98 Å². The lowest BCUT2D eigenvalue weighted by atomic mass is 10.1. The Hall–Kier alpha value is -2.64. The normalized spacial score (nSPS) is 14.1. The molecule has 1 aliphatic carbocycles. The summed E-state index contributed by atoms with van der Waals surface area (Å²) in [4.78, 5) is 20.1. The van der Waals surface area contributed by atoms with Crippen LogP contribution in [0.15, 0.2) is 36.8 Å². The number of alkyl halides is 3. The van der Waals surface area contributed by atoms with Crippen LogP contribution in [0.25, 0.3) is 0 Å². The Morgan fingerprint density at radius 1 is 1.27 bits per heavy atom. The molecule has 0 saturated heterocycles. The maximum absolute atomic E-state index is 12.4. The number of amides is 1. The molecule has 0 aliphatic heterocycles. The molecule has 2 heterocycles. The molecule has 1 amide bonds. The van der Waals surface area contributed by atoms with Gasteiger partial charge in [-0.05, 0) is 48.9 Å². The molecule has 2 aromatic rings. The summed E-state index contributed by atoms with van der Waals surface area (Å²) in [6, 6.07) is 5.32. The third-order valence-corrected chi connectivity index (χ3v) is 3.98. The van der Waals surface area contributed by atoms with Gasteiger partial charge in [0.15, 0.2) is 6.61 Å². The van der Waals surface area contributed by atoms with Gasteiger partial charge >= 0.3 is 6.18 Å². The van der Waals surface area contributed by atoms with Crippen LogP contribution >= 0.6 is 0 Å². The van der Waals surface area contributed by atoms with Gasteiger partial charge in [0.05, 0.1) is 5.56 Å². The smallest absolute Gasteiger partial charge is 0.422 e. The molecule has 26 heavy (non-hydrogen) atoms. The number of halogens is 3. The molecule has 0 aromatic carbocycles. The summed E-state index contributed by atoms with van der Waals surface area (Å²) in [5.74, 6) is -0.246. The third-order valence-electron chi connectivity index (χ3n) is 3.98. The van der Waals surface area contributed by atoms with E-state index in [4.69, 9.17) is 4.74 Å². The Balaban J connectivity index is 1.62. The number of hydrogen-bond donors (Lipinski definition) is 1. The van der Waals surface area contributed by atoms with E-state index in [0.29, 0.717) is 24.1 Å². The summed E-state index contributed by atoms with van der Waals surface area (Å²) in [6.45, 7) is -0.953. The van der Waals surface area contributed by atoms with E-state index >= 15 is 0 Å². The molecule has 138 valence electrons. The van der Waals surface area contributed by atoms with Gasteiger partial charge in [0, 0.05) is 30.7 Å². The first-order valence-corrected chi connectivity index (χ1v) is 8.29. The first-order chi connectivity index (χ1) is 12.4. The Bertz CT molecular complexity index is 762. The summed E-state index contributed by atoms with van der Waals surface area (Å²) < 4.78 is 41.9. The third kappa shape index (κ3) is 5.18.